The maximum Gasteiger partial charge on any atom is 0.499 e. The Bertz CT molecular complexity index is 216. The van der Waals surface area contributed by atoms with Crippen LogP contribution >= 0.6 is 33.9 Å². The highest BCUT2D eigenvalue weighted by atomic mass is 127. The smallest absolute Gasteiger partial charge is 0.423 e. The van der Waals surface area contributed by atoms with Crippen LogP contribution in [0.3, 0.4) is 0 Å². The second-order valence-electron chi connectivity index (χ2n) is 1.98. The molecule has 1 heterocycles. The monoisotopic (exact) mass is 268 g/mol. The van der Waals surface area contributed by atoms with Gasteiger partial charge >= 0.3 is 7.12 Å². The summed E-state index contributed by atoms with van der Waals surface area (Å²) in [5, 5.41) is 17.4. The van der Waals surface area contributed by atoms with Gasteiger partial charge in [-0.1, -0.05) is 0 Å². The van der Waals surface area contributed by atoms with E-state index in [2.05, 4.69) is 22.6 Å². The molecule has 0 bridgehead atoms. The van der Waals surface area contributed by atoms with Gasteiger partial charge in [-0.05, 0) is 41.1 Å². The number of aryl methyl sites for hydroxylation is 1. The fourth-order valence-electron chi connectivity index (χ4n) is 0.611. The Labute approximate surface area is 77.2 Å². The fourth-order valence-corrected chi connectivity index (χ4v) is 2.30. The van der Waals surface area contributed by atoms with Crippen LogP contribution in [-0.2, 0) is 0 Å². The van der Waals surface area contributed by atoms with Crippen molar-refractivity contribution in [2.24, 2.45) is 0 Å². The maximum absolute atomic E-state index is 8.72. The molecular weight excluding hydrogens is 262 g/mol. The predicted octanol–water partition coefficient (Wildman–Crippen LogP) is 0.341. The van der Waals surface area contributed by atoms with Crippen LogP contribution in [0.1, 0.15) is 5.56 Å². The summed E-state index contributed by atoms with van der Waals surface area (Å²) in [6.07, 6.45) is 0. The molecule has 0 amide bonds. The van der Waals surface area contributed by atoms with Gasteiger partial charge in [0, 0.05) is 4.78 Å². The van der Waals surface area contributed by atoms with Crippen LogP contribution in [0.5, 0.6) is 0 Å². The molecule has 1 aromatic rings. The van der Waals surface area contributed by atoms with Gasteiger partial charge in [0.25, 0.3) is 0 Å². The number of hydrogen-bond acceptors (Lipinski definition) is 3. The molecule has 10 heavy (non-hydrogen) atoms. The van der Waals surface area contributed by atoms with E-state index in [9.17, 15) is 0 Å². The summed E-state index contributed by atoms with van der Waals surface area (Å²) in [6.45, 7) is 1.95. The summed E-state index contributed by atoms with van der Waals surface area (Å²) in [5.74, 6) is 0. The van der Waals surface area contributed by atoms with Crippen molar-refractivity contribution in [1.29, 1.82) is 0 Å². The van der Waals surface area contributed by atoms with Crippen LogP contribution in [-0.4, -0.2) is 17.2 Å². The molecule has 2 N–H and O–H groups in total. The lowest BCUT2D eigenvalue weighted by molar-refractivity contribution is 0.427. The van der Waals surface area contributed by atoms with Crippen molar-refractivity contribution in [1.82, 2.24) is 0 Å². The Morgan fingerprint density at radius 1 is 1.60 bits per heavy atom. The molecular formula is C5H6BIO2S. The van der Waals surface area contributed by atoms with Gasteiger partial charge < -0.3 is 10.0 Å². The summed E-state index contributed by atoms with van der Waals surface area (Å²) in [6, 6.07) is 1.79. The minimum Gasteiger partial charge on any atom is -0.423 e. The maximum atomic E-state index is 8.72. The third kappa shape index (κ3) is 1.72. The molecule has 0 aromatic carbocycles. The number of hydrogen-bond donors (Lipinski definition) is 2. The molecule has 0 aliphatic heterocycles. The van der Waals surface area contributed by atoms with E-state index in [1.54, 1.807) is 6.07 Å². The van der Waals surface area contributed by atoms with Crippen LogP contribution < -0.4 is 4.78 Å². The number of rotatable bonds is 1. The lowest BCUT2D eigenvalue weighted by Gasteiger charge is -1.87. The van der Waals surface area contributed by atoms with Gasteiger partial charge in [0.15, 0.2) is 0 Å². The van der Waals surface area contributed by atoms with Crippen LogP contribution in [0.2, 0.25) is 0 Å². The summed E-state index contributed by atoms with van der Waals surface area (Å²) in [5.41, 5.74) is 1.11. The van der Waals surface area contributed by atoms with Gasteiger partial charge in [0.05, 0.1) is 2.88 Å². The molecule has 0 saturated carbocycles. The zero-order chi connectivity index (χ0) is 7.72. The van der Waals surface area contributed by atoms with Crippen molar-refractivity contribution < 1.29 is 10.0 Å². The molecule has 0 saturated heterocycles. The zero-order valence-corrected chi connectivity index (χ0v) is 8.31. The van der Waals surface area contributed by atoms with Crippen molar-refractivity contribution in [2.75, 3.05) is 0 Å². The minimum atomic E-state index is -1.31. The first-order valence-electron chi connectivity index (χ1n) is 2.73. The van der Waals surface area contributed by atoms with Gasteiger partial charge in [0.2, 0.25) is 0 Å². The number of halogens is 1. The van der Waals surface area contributed by atoms with Gasteiger partial charge in [-0.25, -0.2) is 0 Å². The lowest BCUT2D eigenvalue weighted by atomic mass is 9.89. The van der Waals surface area contributed by atoms with E-state index in [1.165, 1.54) is 11.3 Å². The van der Waals surface area contributed by atoms with E-state index in [-0.39, 0.29) is 0 Å². The van der Waals surface area contributed by atoms with E-state index in [0.717, 1.165) is 8.45 Å². The molecule has 0 unspecified atom stereocenters. The molecule has 0 fully saturated rings. The van der Waals surface area contributed by atoms with E-state index in [1.807, 2.05) is 6.92 Å². The second-order valence-corrected chi connectivity index (χ2v) is 4.87. The van der Waals surface area contributed by atoms with Crippen LogP contribution in [0, 0.1) is 9.81 Å². The standard InChI is InChI=1S/C5H6BIO2S/c1-3-2-4(6(8)9)10-5(3)7/h2,8-9H,1H3. The van der Waals surface area contributed by atoms with Crippen molar-refractivity contribution in [2.45, 2.75) is 6.92 Å². The summed E-state index contributed by atoms with van der Waals surface area (Å²) in [7, 11) is -1.31. The molecule has 0 aliphatic carbocycles. The number of thiophene rings is 1. The van der Waals surface area contributed by atoms with E-state index >= 15 is 0 Å². The Hall–Kier alpha value is 0.415. The molecule has 1 aromatic heterocycles. The van der Waals surface area contributed by atoms with E-state index in [4.69, 9.17) is 10.0 Å². The first kappa shape index (κ1) is 8.51. The Balaban J connectivity index is 2.98. The van der Waals surface area contributed by atoms with Crippen molar-refractivity contribution in [3.05, 3.63) is 14.5 Å². The molecule has 1 rings (SSSR count). The molecule has 5 heteroatoms. The average Bonchev–Trinajstić information content (AvgIpc) is 2.13. The Morgan fingerprint density at radius 3 is 2.40 bits per heavy atom. The van der Waals surface area contributed by atoms with Gasteiger partial charge in [-0.2, -0.15) is 0 Å². The molecule has 0 spiro atoms. The summed E-state index contributed by atoms with van der Waals surface area (Å²) in [4.78, 5) is 0. The Morgan fingerprint density at radius 2 is 2.20 bits per heavy atom. The van der Waals surface area contributed by atoms with E-state index in [0.29, 0.717) is 4.78 Å². The zero-order valence-electron chi connectivity index (χ0n) is 5.34. The highest BCUT2D eigenvalue weighted by molar-refractivity contribution is 14.1. The first-order valence-corrected chi connectivity index (χ1v) is 4.62. The SMILES string of the molecule is Cc1cc(B(O)O)sc1I. The van der Waals surface area contributed by atoms with Gasteiger partial charge in [-0.15, -0.1) is 11.3 Å². The van der Waals surface area contributed by atoms with Gasteiger partial charge in [-0.3, -0.25) is 0 Å². The quantitative estimate of drug-likeness (QED) is 0.569. The largest absolute Gasteiger partial charge is 0.499 e. The van der Waals surface area contributed by atoms with Crippen molar-refractivity contribution >= 4 is 45.8 Å². The summed E-state index contributed by atoms with van der Waals surface area (Å²) >= 11 is 3.58. The molecule has 54 valence electrons. The first-order chi connectivity index (χ1) is 4.61. The Kier molecular flexibility index (Phi) is 2.73. The predicted molar refractivity (Wildman–Crippen MR) is 51.6 cm³/mol. The van der Waals surface area contributed by atoms with Crippen molar-refractivity contribution in [3.8, 4) is 0 Å². The molecule has 0 radical (unpaired) electrons. The van der Waals surface area contributed by atoms with Crippen LogP contribution in [0.25, 0.3) is 0 Å². The normalized spacial score (nSPS) is 10.0. The molecule has 0 aliphatic rings. The topological polar surface area (TPSA) is 40.5 Å². The minimum absolute atomic E-state index is 0.613. The fraction of sp³-hybridized carbons (Fsp3) is 0.200. The van der Waals surface area contributed by atoms with Crippen molar-refractivity contribution in [3.63, 3.8) is 0 Å². The highest BCUT2D eigenvalue weighted by Crippen LogP contribution is 2.15. The second kappa shape index (κ2) is 3.21. The third-order valence-electron chi connectivity index (χ3n) is 1.13. The van der Waals surface area contributed by atoms with E-state index < -0.39 is 7.12 Å². The molecule has 2 nitrogen and oxygen atoms in total. The van der Waals surface area contributed by atoms with Crippen LogP contribution in [0.4, 0.5) is 0 Å². The molecule has 0 atom stereocenters. The van der Waals surface area contributed by atoms with Crippen LogP contribution in [0.15, 0.2) is 6.07 Å². The van der Waals surface area contributed by atoms with Gasteiger partial charge in [0.1, 0.15) is 0 Å². The lowest BCUT2D eigenvalue weighted by Crippen LogP contribution is -2.26. The third-order valence-corrected chi connectivity index (χ3v) is 3.71. The average molecular weight is 268 g/mol. The summed E-state index contributed by atoms with van der Waals surface area (Å²) < 4.78 is 1.72. The highest BCUT2D eigenvalue weighted by Gasteiger charge is 2.14.